The van der Waals surface area contributed by atoms with Gasteiger partial charge < -0.3 is 0 Å². The molecule has 0 amide bonds. The van der Waals surface area contributed by atoms with E-state index in [9.17, 15) is 4.79 Å². The van der Waals surface area contributed by atoms with Gasteiger partial charge in [-0.25, -0.2) is 4.79 Å². The first-order valence-electron chi connectivity index (χ1n) is 8.47. The summed E-state index contributed by atoms with van der Waals surface area (Å²) in [5.41, 5.74) is -0.0407. The Labute approximate surface area is 131 Å². The van der Waals surface area contributed by atoms with Crippen molar-refractivity contribution in [1.29, 1.82) is 0 Å². The highest BCUT2D eigenvalue weighted by molar-refractivity contribution is 5.68. The van der Waals surface area contributed by atoms with Crippen LogP contribution in [-0.2, 0) is 14.6 Å². The molecule has 0 aromatic carbocycles. The molecule has 0 bridgehead atoms. The zero-order valence-electron chi connectivity index (χ0n) is 15.3. The molecule has 0 aliphatic carbocycles. The zero-order chi connectivity index (χ0) is 16.5. The van der Waals surface area contributed by atoms with Crippen molar-refractivity contribution in [2.24, 2.45) is 11.3 Å². The number of hydrogen-bond acceptors (Lipinski definition) is 3. The first-order valence-corrected chi connectivity index (χ1v) is 8.47. The van der Waals surface area contributed by atoms with Crippen LogP contribution in [0.2, 0.25) is 0 Å². The number of carbonyl (C=O) groups excluding carboxylic acids is 1. The van der Waals surface area contributed by atoms with Gasteiger partial charge in [0, 0.05) is 6.42 Å². The molecule has 21 heavy (non-hydrogen) atoms. The summed E-state index contributed by atoms with van der Waals surface area (Å²) in [7, 11) is 0. The van der Waals surface area contributed by atoms with Gasteiger partial charge in [-0.1, -0.05) is 53.9 Å². The second-order valence-corrected chi connectivity index (χ2v) is 7.95. The van der Waals surface area contributed by atoms with Crippen molar-refractivity contribution in [2.75, 3.05) is 0 Å². The molecule has 0 radical (unpaired) electrons. The number of unbranched alkanes of at least 4 members (excludes halogenated alkanes) is 2. The summed E-state index contributed by atoms with van der Waals surface area (Å²) in [5, 5.41) is 0. The van der Waals surface area contributed by atoms with Crippen molar-refractivity contribution in [3.63, 3.8) is 0 Å². The molecule has 0 heterocycles. The van der Waals surface area contributed by atoms with E-state index in [1.165, 1.54) is 6.42 Å². The van der Waals surface area contributed by atoms with Gasteiger partial charge in [-0.3, -0.25) is 4.89 Å². The van der Waals surface area contributed by atoms with Crippen molar-refractivity contribution in [3.05, 3.63) is 0 Å². The van der Waals surface area contributed by atoms with E-state index >= 15 is 0 Å². The molecule has 0 aromatic heterocycles. The van der Waals surface area contributed by atoms with Crippen LogP contribution in [0.5, 0.6) is 0 Å². The fraction of sp³-hybridized carbons (Fsp3) is 0.944. The second kappa shape index (κ2) is 9.45. The molecule has 0 spiro atoms. The van der Waals surface area contributed by atoms with Crippen LogP contribution in [0.3, 0.4) is 0 Å². The molecule has 1 unspecified atom stereocenters. The first kappa shape index (κ1) is 20.4. The average molecular weight is 300 g/mol. The van der Waals surface area contributed by atoms with Crippen molar-refractivity contribution in [1.82, 2.24) is 0 Å². The lowest BCUT2D eigenvalue weighted by Crippen LogP contribution is -2.33. The Morgan fingerprint density at radius 2 is 1.67 bits per heavy atom. The van der Waals surface area contributed by atoms with E-state index in [0.29, 0.717) is 17.8 Å². The molecule has 3 heteroatoms. The van der Waals surface area contributed by atoms with Crippen LogP contribution < -0.4 is 0 Å². The van der Waals surface area contributed by atoms with Crippen LogP contribution >= 0.6 is 0 Å². The SMILES string of the molecule is CCCC(C)C(C)(C)OOC(=O)CCCCCC(C)(C)C. The minimum Gasteiger partial charge on any atom is -0.298 e. The molecule has 3 nitrogen and oxygen atoms in total. The molecule has 126 valence electrons. The molecule has 0 aromatic rings. The monoisotopic (exact) mass is 300 g/mol. The Morgan fingerprint density at radius 3 is 2.19 bits per heavy atom. The summed E-state index contributed by atoms with van der Waals surface area (Å²) in [4.78, 5) is 22.0. The third kappa shape index (κ3) is 10.8. The summed E-state index contributed by atoms with van der Waals surface area (Å²) in [6.07, 6.45) is 6.93. The van der Waals surface area contributed by atoms with Gasteiger partial charge in [0.1, 0.15) is 5.60 Å². The maximum Gasteiger partial charge on any atom is 0.342 e. The molecule has 0 N–H and O–H groups in total. The predicted octanol–water partition coefficient (Wildman–Crippen LogP) is 5.67. The Hall–Kier alpha value is -0.570. The van der Waals surface area contributed by atoms with Crippen molar-refractivity contribution in [2.45, 2.75) is 99.0 Å². The van der Waals surface area contributed by atoms with Crippen LogP contribution in [0.25, 0.3) is 0 Å². The maximum atomic E-state index is 11.7. The van der Waals surface area contributed by atoms with Gasteiger partial charge in [0.2, 0.25) is 0 Å². The van der Waals surface area contributed by atoms with E-state index in [4.69, 9.17) is 9.78 Å². The summed E-state index contributed by atoms with van der Waals surface area (Å²) in [6.45, 7) is 15.0. The molecule has 0 aliphatic heterocycles. The highest BCUT2D eigenvalue weighted by Gasteiger charge is 2.29. The Morgan fingerprint density at radius 1 is 1.05 bits per heavy atom. The molecular weight excluding hydrogens is 264 g/mol. The zero-order valence-corrected chi connectivity index (χ0v) is 15.3. The highest BCUT2D eigenvalue weighted by atomic mass is 17.2. The van der Waals surface area contributed by atoms with Gasteiger partial charge in [0.15, 0.2) is 0 Å². The van der Waals surface area contributed by atoms with Gasteiger partial charge in [0.05, 0.1) is 0 Å². The average Bonchev–Trinajstić information content (AvgIpc) is 2.35. The number of rotatable bonds is 10. The summed E-state index contributed by atoms with van der Waals surface area (Å²) < 4.78 is 0. The third-order valence-corrected chi connectivity index (χ3v) is 4.07. The smallest absolute Gasteiger partial charge is 0.298 e. The summed E-state index contributed by atoms with van der Waals surface area (Å²) >= 11 is 0. The minimum atomic E-state index is -0.419. The lowest BCUT2D eigenvalue weighted by molar-refractivity contribution is -0.335. The van der Waals surface area contributed by atoms with Crippen molar-refractivity contribution in [3.8, 4) is 0 Å². The Bertz CT molecular complexity index is 289. The van der Waals surface area contributed by atoms with Crippen LogP contribution in [0.1, 0.15) is 93.4 Å². The molecule has 0 fully saturated rings. The van der Waals surface area contributed by atoms with E-state index in [0.717, 1.165) is 32.1 Å². The largest absolute Gasteiger partial charge is 0.342 e. The second-order valence-electron chi connectivity index (χ2n) is 7.95. The quantitative estimate of drug-likeness (QED) is 0.296. The molecule has 0 saturated carbocycles. The van der Waals surface area contributed by atoms with E-state index in [-0.39, 0.29) is 5.97 Å². The van der Waals surface area contributed by atoms with Crippen LogP contribution in [0, 0.1) is 11.3 Å². The standard InChI is InChI=1S/C18H36O3/c1-8-12-15(2)18(6,7)21-20-16(19)13-10-9-11-14-17(3,4)5/h15H,8-14H2,1-7H3. The molecular formula is C18H36O3. The van der Waals surface area contributed by atoms with E-state index < -0.39 is 5.60 Å². The van der Waals surface area contributed by atoms with E-state index in [1.807, 2.05) is 13.8 Å². The third-order valence-electron chi connectivity index (χ3n) is 4.07. The Balaban J connectivity index is 3.80. The van der Waals surface area contributed by atoms with Gasteiger partial charge in [0.25, 0.3) is 0 Å². The molecule has 0 saturated heterocycles. The highest BCUT2D eigenvalue weighted by Crippen LogP contribution is 2.26. The molecule has 1 atom stereocenters. The fourth-order valence-electron chi connectivity index (χ4n) is 2.16. The summed E-state index contributed by atoms with van der Waals surface area (Å²) in [5.74, 6) is 0.115. The van der Waals surface area contributed by atoms with Gasteiger partial charge in [-0.15, -0.1) is 0 Å². The van der Waals surface area contributed by atoms with Crippen LogP contribution in [0.4, 0.5) is 0 Å². The number of hydrogen-bond donors (Lipinski definition) is 0. The van der Waals surface area contributed by atoms with Gasteiger partial charge in [-0.05, 0) is 44.4 Å². The fourth-order valence-corrected chi connectivity index (χ4v) is 2.16. The first-order chi connectivity index (χ1) is 9.58. The van der Waals surface area contributed by atoms with Crippen molar-refractivity contribution < 1.29 is 14.6 Å². The molecule has 0 rings (SSSR count). The number of carbonyl (C=O) groups is 1. The van der Waals surface area contributed by atoms with Gasteiger partial charge >= 0.3 is 5.97 Å². The van der Waals surface area contributed by atoms with Gasteiger partial charge in [-0.2, -0.15) is 4.89 Å². The minimum absolute atomic E-state index is 0.248. The van der Waals surface area contributed by atoms with E-state index in [1.54, 1.807) is 0 Å². The van der Waals surface area contributed by atoms with Crippen molar-refractivity contribution >= 4 is 5.97 Å². The normalized spacial score (nSPS) is 14.0. The topological polar surface area (TPSA) is 35.5 Å². The van der Waals surface area contributed by atoms with Crippen LogP contribution in [-0.4, -0.2) is 11.6 Å². The van der Waals surface area contributed by atoms with E-state index in [2.05, 4.69) is 34.6 Å². The molecule has 0 aliphatic rings. The predicted molar refractivity (Wildman–Crippen MR) is 87.9 cm³/mol. The lowest BCUT2D eigenvalue weighted by Gasteiger charge is -2.29. The Kier molecular flexibility index (Phi) is 9.19. The lowest BCUT2D eigenvalue weighted by atomic mass is 9.89. The summed E-state index contributed by atoms with van der Waals surface area (Å²) in [6, 6.07) is 0. The maximum absolute atomic E-state index is 11.7. The van der Waals surface area contributed by atoms with Crippen LogP contribution in [0.15, 0.2) is 0 Å².